The molecule has 0 aliphatic heterocycles. The fourth-order valence-corrected chi connectivity index (χ4v) is 2.09. The summed E-state index contributed by atoms with van der Waals surface area (Å²) in [5.74, 6) is 0. The third-order valence-corrected chi connectivity index (χ3v) is 3.14. The molecule has 0 spiro atoms. The molecule has 0 saturated carbocycles. The molecule has 0 atom stereocenters. The van der Waals surface area contributed by atoms with Gasteiger partial charge in [-0.3, -0.25) is 0 Å². The molecule has 1 heterocycles. The van der Waals surface area contributed by atoms with Gasteiger partial charge in [-0.1, -0.05) is 48.0 Å². The number of nitrogens with zero attached hydrogens (tertiary/aromatic N) is 3. The standard InChI is InChI=1S/C16H16N3/c1-13-8-10-15(11-9-13)19-17-16(12-18(19)2)14-6-4-3-5-7-14/h3-12H,1-2H3/q+1. The summed E-state index contributed by atoms with van der Waals surface area (Å²) in [6.07, 6.45) is 2.04. The van der Waals surface area contributed by atoms with E-state index in [1.54, 1.807) is 0 Å². The normalized spacial score (nSPS) is 10.6. The second-order valence-electron chi connectivity index (χ2n) is 4.68. The minimum Gasteiger partial charge on any atom is -0.158 e. The molecule has 1 aromatic heterocycles. The SMILES string of the molecule is Cc1ccc(-n2nc(-c3ccccc3)c[n+]2C)cc1. The predicted octanol–water partition coefficient (Wildman–Crippen LogP) is 2.67. The third-order valence-electron chi connectivity index (χ3n) is 3.14. The van der Waals surface area contributed by atoms with E-state index in [0.717, 1.165) is 16.9 Å². The van der Waals surface area contributed by atoms with Gasteiger partial charge < -0.3 is 0 Å². The quantitative estimate of drug-likeness (QED) is 0.641. The first-order chi connectivity index (χ1) is 9.24. The summed E-state index contributed by atoms with van der Waals surface area (Å²) in [5.41, 5.74) is 4.42. The van der Waals surface area contributed by atoms with Gasteiger partial charge in [-0.15, -0.1) is 0 Å². The van der Waals surface area contributed by atoms with Crippen molar-refractivity contribution in [3.8, 4) is 16.9 Å². The Balaban J connectivity index is 2.05. The van der Waals surface area contributed by atoms with E-state index in [1.165, 1.54) is 5.56 Å². The minimum atomic E-state index is 0.976. The lowest BCUT2D eigenvalue weighted by atomic mass is 10.2. The number of hydrogen-bond donors (Lipinski definition) is 0. The summed E-state index contributed by atoms with van der Waals surface area (Å²) in [5, 5.41) is 4.66. The van der Waals surface area contributed by atoms with Crippen molar-refractivity contribution in [3.63, 3.8) is 0 Å². The predicted molar refractivity (Wildman–Crippen MR) is 74.9 cm³/mol. The number of rotatable bonds is 2. The first-order valence-corrected chi connectivity index (χ1v) is 6.32. The highest BCUT2D eigenvalue weighted by molar-refractivity contribution is 5.56. The zero-order chi connectivity index (χ0) is 13.2. The summed E-state index contributed by atoms with van der Waals surface area (Å²) in [6, 6.07) is 18.6. The van der Waals surface area contributed by atoms with E-state index < -0.39 is 0 Å². The molecule has 2 aromatic carbocycles. The molecule has 0 aliphatic carbocycles. The van der Waals surface area contributed by atoms with Crippen LogP contribution in [0.1, 0.15) is 5.56 Å². The van der Waals surface area contributed by atoms with Gasteiger partial charge in [-0.25, -0.2) is 0 Å². The summed E-state index contributed by atoms with van der Waals surface area (Å²) >= 11 is 0. The van der Waals surface area contributed by atoms with Crippen LogP contribution in [-0.2, 0) is 7.05 Å². The Bertz CT molecular complexity index is 682. The van der Waals surface area contributed by atoms with Crippen molar-refractivity contribution in [2.45, 2.75) is 6.92 Å². The molecule has 0 amide bonds. The molecule has 0 unspecified atom stereocenters. The summed E-state index contributed by atoms with van der Waals surface area (Å²) in [7, 11) is 2.00. The molecule has 0 aliphatic rings. The van der Waals surface area contributed by atoms with Crippen LogP contribution in [0.5, 0.6) is 0 Å². The maximum Gasteiger partial charge on any atom is 0.249 e. The van der Waals surface area contributed by atoms with Gasteiger partial charge in [0, 0.05) is 5.56 Å². The number of aryl methyl sites for hydroxylation is 2. The first-order valence-electron chi connectivity index (χ1n) is 6.32. The topological polar surface area (TPSA) is 21.7 Å². The molecule has 0 saturated heterocycles. The second kappa shape index (κ2) is 4.69. The smallest absolute Gasteiger partial charge is 0.158 e. The molecule has 19 heavy (non-hydrogen) atoms. The Morgan fingerprint density at radius 1 is 0.947 bits per heavy atom. The van der Waals surface area contributed by atoms with Gasteiger partial charge in [-0.05, 0) is 23.9 Å². The van der Waals surface area contributed by atoms with Crippen LogP contribution in [-0.4, -0.2) is 9.90 Å². The van der Waals surface area contributed by atoms with Crippen LogP contribution in [0.25, 0.3) is 16.9 Å². The summed E-state index contributed by atoms with van der Waals surface area (Å²) in [4.78, 5) is 1.90. The highest BCUT2D eigenvalue weighted by Crippen LogP contribution is 2.15. The minimum absolute atomic E-state index is 0.976. The van der Waals surface area contributed by atoms with E-state index in [0.29, 0.717) is 0 Å². The molecule has 0 N–H and O–H groups in total. The van der Waals surface area contributed by atoms with Crippen molar-refractivity contribution < 1.29 is 4.68 Å². The highest BCUT2D eigenvalue weighted by atomic mass is 15.5. The lowest BCUT2D eigenvalue weighted by molar-refractivity contribution is -0.748. The third kappa shape index (κ3) is 2.27. The fraction of sp³-hybridized carbons (Fsp3) is 0.125. The zero-order valence-electron chi connectivity index (χ0n) is 11.1. The average Bonchev–Trinajstić information content (AvgIpc) is 2.83. The van der Waals surface area contributed by atoms with Crippen LogP contribution in [0, 0.1) is 6.92 Å². The molecule has 3 heteroatoms. The van der Waals surface area contributed by atoms with Crippen LogP contribution < -0.4 is 4.68 Å². The van der Waals surface area contributed by atoms with Crippen LogP contribution in [0.15, 0.2) is 60.8 Å². The van der Waals surface area contributed by atoms with Gasteiger partial charge in [0.1, 0.15) is 12.7 Å². The number of hydrogen-bond acceptors (Lipinski definition) is 1. The Morgan fingerprint density at radius 2 is 1.63 bits per heavy atom. The van der Waals surface area contributed by atoms with Gasteiger partial charge in [0.05, 0.1) is 5.10 Å². The van der Waals surface area contributed by atoms with E-state index in [9.17, 15) is 0 Å². The van der Waals surface area contributed by atoms with E-state index in [4.69, 9.17) is 0 Å². The molecule has 0 fully saturated rings. The lowest BCUT2D eigenvalue weighted by Crippen LogP contribution is -2.37. The van der Waals surface area contributed by atoms with E-state index in [2.05, 4.69) is 48.4 Å². The van der Waals surface area contributed by atoms with Crippen molar-refractivity contribution in [1.29, 1.82) is 0 Å². The van der Waals surface area contributed by atoms with Crippen molar-refractivity contribution in [2.24, 2.45) is 7.05 Å². The zero-order valence-corrected chi connectivity index (χ0v) is 11.1. The average molecular weight is 250 g/mol. The second-order valence-corrected chi connectivity index (χ2v) is 4.68. The van der Waals surface area contributed by atoms with E-state index in [1.807, 2.05) is 40.9 Å². The van der Waals surface area contributed by atoms with Crippen LogP contribution >= 0.6 is 0 Å². The number of aromatic nitrogens is 3. The van der Waals surface area contributed by atoms with Gasteiger partial charge >= 0.3 is 0 Å². The molecular weight excluding hydrogens is 234 g/mol. The first kappa shape index (κ1) is 11.7. The lowest BCUT2D eigenvalue weighted by Gasteiger charge is -1.97. The molecule has 0 bridgehead atoms. The fourth-order valence-electron chi connectivity index (χ4n) is 2.09. The molecular formula is C16H16N3+. The van der Waals surface area contributed by atoms with Crippen LogP contribution in [0.3, 0.4) is 0 Å². The highest BCUT2D eigenvalue weighted by Gasteiger charge is 2.16. The van der Waals surface area contributed by atoms with Gasteiger partial charge in [0.2, 0.25) is 5.69 Å². The van der Waals surface area contributed by atoms with E-state index >= 15 is 0 Å². The van der Waals surface area contributed by atoms with E-state index in [-0.39, 0.29) is 0 Å². The van der Waals surface area contributed by atoms with Crippen molar-refractivity contribution in [1.82, 2.24) is 9.90 Å². The molecule has 3 aromatic rings. The maximum absolute atomic E-state index is 4.66. The Labute approximate surface area is 112 Å². The molecule has 3 nitrogen and oxygen atoms in total. The Hall–Kier alpha value is -2.42. The van der Waals surface area contributed by atoms with Crippen LogP contribution in [0.2, 0.25) is 0 Å². The van der Waals surface area contributed by atoms with Crippen molar-refractivity contribution >= 4 is 0 Å². The molecule has 0 radical (unpaired) electrons. The van der Waals surface area contributed by atoms with Gasteiger partial charge in [0.25, 0.3) is 0 Å². The van der Waals surface area contributed by atoms with Gasteiger partial charge in [0.15, 0.2) is 6.20 Å². The summed E-state index contributed by atoms with van der Waals surface area (Å²) < 4.78 is 1.99. The Morgan fingerprint density at radius 3 is 2.32 bits per heavy atom. The van der Waals surface area contributed by atoms with Gasteiger partial charge in [-0.2, -0.15) is 4.68 Å². The van der Waals surface area contributed by atoms with Crippen LogP contribution in [0.4, 0.5) is 0 Å². The maximum atomic E-state index is 4.66. The monoisotopic (exact) mass is 250 g/mol. The van der Waals surface area contributed by atoms with Crippen molar-refractivity contribution in [2.75, 3.05) is 0 Å². The molecule has 3 rings (SSSR count). The molecule has 94 valence electrons. The van der Waals surface area contributed by atoms with Crippen molar-refractivity contribution in [3.05, 3.63) is 66.4 Å². The largest absolute Gasteiger partial charge is 0.249 e. The summed E-state index contributed by atoms with van der Waals surface area (Å²) in [6.45, 7) is 2.09. The Kier molecular flexibility index (Phi) is 2.88. The number of benzene rings is 2.